The first-order valence-electron chi connectivity index (χ1n) is 7.94. The van der Waals surface area contributed by atoms with Gasteiger partial charge in [-0.1, -0.05) is 23.2 Å². The first-order valence-corrected chi connectivity index (χ1v) is 8.69. The molecule has 1 aromatic heterocycles. The molecule has 1 saturated heterocycles. The number of nitrogens with one attached hydrogen (secondary N) is 1. The highest BCUT2D eigenvalue weighted by molar-refractivity contribution is 6.44. The maximum atomic E-state index is 13.7. The van der Waals surface area contributed by atoms with Crippen molar-refractivity contribution in [3.05, 3.63) is 57.6 Å². The molecule has 4 nitrogen and oxygen atoms in total. The Bertz CT molecular complexity index is 795. The van der Waals surface area contributed by atoms with Crippen LogP contribution in [0.25, 0.3) is 0 Å². The molecule has 0 saturated carbocycles. The zero-order valence-corrected chi connectivity index (χ0v) is 15.1. The molecule has 0 bridgehead atoms. The van der Waals surface area contributed by atoms with Crippen LogP contribution in [-0.2, 0) is 0 Å². The summed E-state index contributed by atoms with van der Waals surface area (Å²) in [4.78, 5) is 15.9. The van der Waals surface area contributed by atoms with Gasteiger partial charge in [-0.3, -0.25) is 9.78 Å². The zero-order valence-electron chi connectivity index (χ0n) is 13.6. The smallest absolute Gasteiger partial charge is 0.165 e. The second-order valence-corrected chi connectivity index (χ2v) is 6.80. The molecule has 1 N–H and O–H groups in total. The fraction of sp³-hybridized carbons (Fsp3) is 0.333. The van der Waals surface area contributed by atoms with Gasteiger partial charge in [-0.15, -0.1) is 0 Å². The number of halogens is 3. The standard InChI is InChI=1S/C18H17Cl2FN2O2/c1-10(24)16-15(3-2-14(19)17(16)20)25-18(11-4-5-22-7-11)12-6-13(21)9-23-8-12/h2-3,6,8-9,11,18,22H,4-5,7H2,1H3/t11-,18?/m0/s1. The molecule has 2 heterocycles. The third kappa shape index (κ3) is 3.94. The van der Waals surface area contributed by atoms with Crippen LogP contribution in [0.1, 0.15) is 35.4 Å². The molecule has 7 heteroatoms. The van der Waals surface area contributed by atoms with Crippen LogP contribution in [0.5, 0.6) is 5.75 Å². The van der Waals surface area contributed by atoms with Gasteiger partial charge >= 0.3 is 0 Å². The van der Waals surface area contributed by atoms with Crippen LogP contribution < -0.4 is 10.1 Å². The number of rotatable bonds is 5. The second kappa shape index (κ2) is 7.68. The lowest BCUT2D eigenvalue weighted by Gasteiger charge is -2.26. The van der Waals surface area contributed by atoms with Gasteiger partial charge in [-0.25, -0.2) is 4.39 Å². The molecular formula is C18H17Cl2FN2O2. The minimum absolute atomic E-state index is 0.123. The number of Topliss-reactive ketones (excluding diaryl/α,β-unsaturated/α-hetero) is 1. The molecule has 2 atom stereocenters. The van der Waals surface area contributed by atoms with Crippen molar-refractivity contribution in [2.75, 3.05) is 13.1 Å². The minimum Gasteiger partial charge on any atom is -0.485 e. The quantitative estimate of drug-likeness (QED) is 0.775. The molecule has 1 fully saturated rings. The number of ketones is 1. The Hall–Kier alpha value is -1.69. The predicted octanol–water partition coefficient (Wildman–Crippen LogP) is 4.46. The highest BCUT2D eigenvalue weighted by Gasteiger charge is 2.30. The molecule has 1 aliphatic heterocycles. The lowest BCUT2D eigenvalue weighted by atomic mass is 9.95. The summed E-state index contributed by atoms with van der Waals surface area (Å²) in [5.41, 5.74) is 0.851. The summed E-state index contributed by atoms with van der Waals surface area (Å²) >= 11 is 12.2. The van der Waals surface area contributed by atoms with Gasteiger partial charge < -0.3 is 10.1 Å². The molecule has 1 unspecified atom stereocenters. The topological polar surface area (TPSA) is 51.2 Å². The van der Waals surface area contributed by atoms with Crippen LogP contribution in [0.3, 0.4) is 0 Å². The van der Waals surface area contributed by atoms with Crippen molar-refractivity contribution in [1.82, 2.24) is 10.3 Å². The molecule has 0 amide bonds. The Morgan fingerprint density at radius 1 is 1.40 bits per heavy atom. The fourth-order valence-electron chi connectivity index (χ4n) is 3.05. The largest absolute Gasteiger partial charge is 0.485 e. The molecule has 0 aliphatic carbocycles. The predicted molar refractivity (Wildman–Crippen MR) is 95.0 cm³/mol. The summed E-state index contributed by atoms with van der Waals surface area (Å²) in [6.07, 6.45) is 3.15. The highest BCUT2D eigenvalue weighted by atomic mass is 35.5. The van der Waals surface area contributed by atoms with Crippen molar-refractivity contribution >= 4 is 29.0 Å². The number of hydrogen-bond acceptors (Lipinski definition) is 4. The van der Waals surface area contributed by atoms with Crippen LogP contribution in [0.2, 0.25) is 10.0 Å². The SMILES string of the molecule is CC(=O)c1c(OC(c2cncc(F)c2)[C@H]2CCNC2)ccc(Cl)c1Cl. The molecule has 0 radical (unpaired) electrons. The summed E-state index contributed by atoms with van der Waals surface area (Å²) in [6.45, 7) is 2.99. The molecule has 25 heavy (non-hydrogen) atoms. The van der Waals surface area contributed by atoms with Crippen LogP contribution in [0.4, 0.5) is 4.39 Å². The van der Waals surface area contributed by atoms with E-state index in [1.54, 1.807) is 18.3 Å². The van der Waals surface area contributed by atoms with Crippen molar-refractivity contribution in [3.8, 4) is 5.75 Å². The van der Waals surface area contributed by atoms with E-state index in [1.807, 2.05) is 0 Å². The Balaban J connectivity index is 2.01. The van der Waals surface area contributed by atoms with Crippen molar-refractivity contribution in [2.45, 2.75) is 19.4 Å². The van der Waals surface area contributed by atoms with Gasteiger partial charge in [-0.2, -0.15) is 0 Å². The van der Waals surface area contributed by atoms with E-state index in [1.165, 1.54) is 13.0 Å². The normalized spacial score (nSPS) is 18.2. The van der Waals surface area contributed by atoms with Gasteiger partial charge in [0.25, 0.3) is 0 Å². The molecule has 0 spiro atoms. The van der Waals surface area contributed by atoms with E-state index >= 15 is 0 Å². The Kier molecular flexibility index (Phi) is 5.57. The van der Waals surface area contributed by atoms with Crippen LogP contribution in [0, 0.1) is 11.7 Å². The van der Waals surface area contributed by atoms with Gasteiger partial charge in [0.05, 0.1) is 21.8 Å². The molecule has 1 aliphatic rings. The number of carbonyl (C=O) groups excluding carboxylic acids is 1. The number of hydrogen-bond donors (Lipinski definition) is 1. The highest BCUT2D eigenvalue weighted by Crippen LogP contribution is 2.38. The number of pyridine rings is 1. The van der Waals surface area contributed by atoms with Crippen molar-refractivity contribution in [3.63, 3.8) is 0 Å². The van der Waals surface area contributed by atoms with Crippen molar-refractivity contribution < 1.29 is 13.9 Å². The van der Waals surface area contributed by atoms with Gasteiger partial charge in [0.1, 0.15) is 17.7 Å². The van der Waals surface area contributed by atoms with Gasteiger partial charge in [-0.05, 0) is 38.1 Å². The van der Waals surface area contributed by atoms with Crippen molar-refractivity contribution in [2.24, 2.45) is 5.92 Å². The summed E-state index contributed by atoms with van der Waals surface area (Å²) in [7, 11) is 0. The van der Waals surface area contributed by atoms with E-state index in [0.29, 0.717) is 11.3 Å². The second-order valence-electron chi connectivity index (χ2n) is 6.02. The number of carbonyl (C=O) groups is 1. The molecule has 2 aromatic rings. The van der Waals surface area contributed by atoms with Gasteiger partial charge in [0, 0.05) is 24.2 Å². The Morgan fingerprint density at radius 3 is 2.84 bits per heavy atom. The third-order valence-corrected chi connectivity index (χ3v) is 5.05. The maximum Gasteiger partial charge on any atom is 0.165 e. The number of benzene rings is 1. The van der Waals surface area contributed by atoms with E-state index in [9.17, 15) is 9.18 Å². The average molecular weight is 383 g/mol. The number of ether oxygens (including phenoxy) is 1. The van der Waals surface area contributed by atoms with E-state index in [2.05, 4.69) is 10.3 Å². The van der Waals surface area contributed by atoms with Crippen LogP contribution in [0.15, 0.2) is 30.6 Å². The van der Waals surface area contributed by atoms with E-state index in [0.717, 1.165) is 25.7 Å². The van der Waals surface area contributed by atoms with Gasteiger partial charge in [0.15, 0.2) is 5.78 Å². The van der Waals surface area contributed by atoms with Crippen LogP contribution in [-0.4, -0.2) is 23.9 Å². The van der Waals surface area contributed by atoms with Crippen molar-refractivity contribution in [1.29, 1.82) is 0 Å². The van der Waals surface area contributed by atoms with Gasteiger partial charge in [0.2, 0.25) is 0 Å². The number of nitrogens with zero attached hydrogens (tertiary/aromatic N) is 1. The minimum atomic E-state index is -0.450. The molecule has 132 valence electrons. The zero-order chi connectivity index (χ0) is 18.0. The first kappa shape index (κ1) is 18.1. The van der Waals surface area contributed by atoms with Crippen LogP contribution >= 0.6 is 23.2 Å². The lowest BCUT2D eigenvalue weighted by Crippen LogP contribution is -2.22. The molecule has 1 aromatic carbocycles. The monoisotopic (exact) mass is 382 g/mol. The molecular weight excluding hydrogens is 366 g/mol. The summed E-state index contributed by atoms with van der Waals surface area (Å²) in [5.74, 6) is -0.220. The van der Waals surface area contributed by atoms with E-state index in [4.69, 9.17) is 27.9 Å². The summed E-state index contributed by atoms with van der Waals surface area (Å²) in [5, 5.41) is 3.72. The number of aromatic nitrogens is 1. The fourth-order valence-corrected chi connectivity index (χ4v) is 3.50. The average Bonchev–Trinajstić information content (AvgIpc) is 3.09. The lowest BCUT2D eigenvalue weighted by molar-refractivity contribution is 0.0997. The Labute approximate surface area is 155 Å². The summed E-state index contributed by atoms with van der Waals surface area (Å²) in [6, 6.07) is 4.60. The molecule has 3 rings (SSSR count). The Morgan fingerprint density at radius 2 is 2.20 bits per heavy atom. The van der Waals surface area contributed by atoms with E-state index < -0.39 is 11.9 Å². The first-order chi connectivity index (χ1) is 12.0. The van der Waals surface area contributed by atoms with E-state index in [-0.39, 0.29) is 27.3 Å². The summed E-state index contributed by atoms with van der Waals surface area (Å²) < 4.78 is 19.8. The maximum absolute atomic E-state index is 13.7. The third-order valence-electron chi connectivity index (χ3n) is 4.24.